The summed E-state index contributed by atoms with van der Waals surface area (Å²) in [6, 6.07) is 9.25. The Kier molecular flexibility index (Phi) is 3.42. The zero-order chi connectivity index (χ0) is 13.9. The minimum absolute atomic E-state index is 0.0736. The molecule has 20 heavy (non-hydrogen) atoms. The molecule has 7 heteroatoms. The highest BCUT2D eigenvalue weighted by Crippen LogP contribution is 2.36. The number of esters is 1. The van der Waals surface area contributed by atoms with Crippen molar-refractivity contribution in [1.82, 2.24) is 10.2 Å². The van der Waals surface area contributed by atoms with E-state index < -0.39 is 12.0 Å². The van der Waals surface area contributed by atoms with Crippen molar-refractivity contribution in [2.75, 3.05) is 5.32 Å². The number of cyclic esters (lactones) is 1. The summed E-state index contributed by atoms with van der Waals surface area (Å²) in [5, 5.41) is 10.5. The lowest BCUT2D eigenvalue weighted by Crippen LogP contribution is -2.25. The first-order valence-electron chi connectivity index (χ1n) is 6.05. The molecule has 1 amide bonds. The Bertz CT molecular complexity index is 615. The number of aromatic nitrogens is 2. The number of hydrogen-bond acceptors (Lipinski definition) is 6. The van der Waals surface area contributed by atoms with Crippen molar-refractivity contribution in [3.8, 4) is 0 Å². The van der Waals surface area contributed by atoms with E-state index >= 15 is 0 Å². The van der Waals surface area contributed by atoms with Crippen LogP contribution in [0.25, 0.3) is 0 Å². The van der Waals surface area contributed by atoms with Crippen molar-refractivity contribution in [3.63, 3.8) is 0 Å². The summed E-state index contributed by atoms with van der Waals surface area (Å²) in [4.78, 5) is 23.8. The van der Waals surface area contributed by atoms with E-state index in [9.17, 15) is 9.59 Å². The second-order valence-corrected chi connectivity index (χ2v) is 5.20. The molecule has 1 saturated heterocycles. The first kappa shape index (κ1) is 12.7. The first-order chi connectivity index (χ1) is 9.74. The lowest BCUT2D eigenvalue weighted by Gasteiger charge is -2.16. The molecule has 1 aliphatic rings. The van der Waals surface area contributed by atoms with Crippen LogP contribution in [-0.4, -0.2) is 22.1 Å². The normalized spacial score (nSPS) is 21.5. The van der Waals surface area contributed by atoms with Crippen LogP contribution in [0.1, 0.15) is 18.1 Å². The Morgan fingerprint density at radius 3 is 2.85 bits per heavy atom. The Labute approximate surface area is 118 Å². The van der Waals surface area contributed by atoms with Crippen LogP contribution in [0, 0.1) is 5.92 Å². The van der Waals surface area contributed by atoms with Gasteiger partial charge in [-0.05, 0) is 5.56 Å². The topological polar surface area (TPSA) is 81.2 Å². The number of nitrogens with one attached hydrogen (secondary N) is 1. The maximum Gasteiger partial charge on any atom is 0.307 e. The van der Waals surface area contributed by atoms with Gasteiger partial charge in [0.1, 0.15) is 11.6 Å². The number of rotatable bonds is 3. The summed E-state index contributed by atoms with van der Waals surface area (Å²) in [6.45, 7) is 0. The van der Waals surface area contributed by atoms with E-state index in [4.69, 9.17) is 4.74 Å². The van der Waals surface area contributed by atoms with Crippen LogP contribution in [0.2, 0.25) is 0 Å². The van der Waals surface area contributed by atoms with E-state index in [0.29, 0.717) is 5.13 Å². The van der Waals surface area contributed by atoms with Crippen LogP contribution in [0.15, 0.2) is 35.8 Å². The minimum Gasteiger partial charge on any atom is -0.457 e. The molecule has 1 aliphatic heterocycles. The summed E-state index contributed by atoms with van der Waals surface area (Å²) in [7, 11) is 0. The number of anilines is 1. The molecule has 102 valence electrons. The Morgan fingerprint density at radius 2 is 2.15 bits per heavy atom. The molecule has 0 spiro atoms. The van der Waals surface area contributed by atoms with Crippen molar-refractivity contribution in [3.05, 3.63) is 41.4 Å². The smallest absolute Gasteiger partial charge is 0.307 e. The van der Waals surface area contributed by atoms with E-state index in [2.05, 4.69) is 15.5 Å². The van der Waals surface area contributed by atoms with Crippen molar-refractivity contribution < 1.29 is 14.3 Å². The molecule has 0 saturated carbocycles. The largest absolute Gasteiger partial charge is 0.457 e. The van der Waals surface area contributed by atoms with Crippen LogP contribution in [0.4, 0.5) is 5.13 Å². The second kappa shape index (κ2) is 5.38. The number of carbonyl (C=O) groups excluding carboxylic acids is 2. The fourth-order valence-electron chi connectivity index (χ4n) is 2.16. The molecular formula is C13H11N3O3S. The van der Waals surface area contributed by atoms with Crippen LogP contribution < -0.4 is 5.32 Å². The van der Waals surface area contributed by atoms with Gasteiger partial charge < -0.3 is 10.1 Å². The zero-order valence-electron chi connectivity index (χ0n) is 10.4. The third kappa shape index (κ3) is 2.53. The zero-order valence-corrected chi connectivity index (χ0v) is 11.2. The van der Waals surface area contributed by atoms with Gasteiger partial charge in [0.05, 0.1) is 12.3 Å². The fourth-order valence-corrected chi connectivity index (χ4v) is 2.61. The van der Waals surface area contributed by atoms with E-state index in [1.807, 2.05) is 30.3 Å². The standard InChI is InChI=1S/C13H11N3O3S/c17-10-6-9(12(18)15-13-16-14-7-20-13)11(19-10)8-4-2-1-3-5-8/h1-5,7,9,11H,6H2,(H,15,16,18)/t9-,11+/m0/s1. The highest BCUT2D eigenvalue weighted by molar-refractivity contribution is 7.13. The molecule has 1 aromatic carbocycles. The molecule has 1 fully saturated rings. The molecule has 2 heterocycles. The van der Waals surface area contributed by atoms with Crippen LogP contribution >= 0.6 is 11.3 Å². The molecule has 6 nitrogen and oxygen atoms in total. The van der Waals surface area contributed by atoms with Gasteiger partial charge in [0.2, 0.25) is 11.0 Å². The summed E-state index contributed by atoms with van der Waals surface area (Å²) < 4.78 is 5.27. The number of benzene rings is 1. The summed E-state index contributed by atoms with van der Waals surface area (Å²) in [6.07, 6.45) is -0.471. The van der Waals surface area contributed by atoms with E-state index in [1.54, 1.807) is 0 Å². The summed E-state index contributed by atoms with van der Waals surface area (Å²) in [5.41, 5.74) is 2.34. The van der Waals surface area contributed by atoms with Gasteiger partial charge in [-0.25, -0.2) is 0 Å². The van der Waals surface area contributed by atoms with Crippen LogP contribution in [0.5, 0.6) is 0 Å². The predicted molar refractivity (Wildman–Crippen MR) is 71.9 cm³/mol. The van der Waals surface area contributed by atoms with Gasteiger partial charge in [-0.15, -0.1) is 10.2 Å². The third-order valence-corrected chi connectivity index (χ3v) is 3.67. The van der Waals surface area contributed by atoms with E-state index in [-0.39, 0.29) is 18.3 Å². The fraction of sp³-hybridized carbons (Fsp3) is 0.231. The maximum atomic E-state index is 12.2. The van der Waals surface area contributed by atoms with Crippen LogP contribution in [0.3, 0.4) is 0 Å². The molecular weight excluding hydrogens is 278 g/mol. The third-order valence-electron chi connectivity index (χ3n) is 3.07. The second-order valence-electron chi connectivity index (χ2n) is 4.36. The lowest BCUT2D eigenvalue weighted by molar-refractivity contribution is -0.141. The van der Waals surface area contributed by atoms with Crippen LogP contribution in [-0.2, 0) is 14.3 Å². The number of hydrogen-bond donors (Lipinski definition) is 1. The molecule has 2 atom stereocenters. The number of ether oxygens (including phenoxy) is 1. The maximum absolute atomic E-state index is 12.2. The summed E-state index contributed by atoms with van der Waals surface area (Å²) in [5.74, 6) is -1.19. The molecule has 2 aromatic rings. The molecule has 1 aromatic heterocycles. The average molecular weight is 289 g/mol. The Hall–Kier alpha value is -2.28. The minimum atomic E-state index is -0.547. The van der Waals surface area contributed by atoms with E-state index in [0.717, 1.165) is 5.56 Å². The first-order valence-corrected chi connectivity index (χ1v) is 6.93. The number of carbonyl (C=O) groups is 2. The number of amides is 1. The van der Waals surface area contributed by atoms with Crippen molar-refractivity contribution >= 4 is 28.3 Å². The molecule has 1 N–H and O–H groups in total. The van der Waals surface area contributed by atoms with Gasteiger partial charge in [0.15, 0.2) is 0 Å². The SMILES string of the molecule is O=C1C[C@H](C(=O)Nc2nncs2)[C@@H](c2ccccc2)O1. The molecule has 0 bridgehead atoms. The molecule has 3 rings (SSSR count). The average Bonchev–Trinajstić information content (AvgIpc) is 3.09. The molecule has 0 unspecified atom stereocenters. The highest BCUT2D eigenvalue weighted by atomic mass is 32.1. The molecule has 0 radical (unpaired) electrons. The molecule has 0 aliphatic carbocycles. The van der Waals surface area contributed by atoms with Crippen molar-refractivity contribution in [1.29, 1.82) is 0 Å². The van der Waals surface area contributed by atoms with Gasteiger partial charge in [0.25, 0.3) is 0 Å². The lowest BCUT2D eigenvalue weighted by atomic mass is 9.94. The van der Waals surface area contributed by atoms with Gasteiger partial charge in [-0.1, -0.05) is 41.7 Å². The van der Waals surface area contributed by atoms with Gasteiger partial charge in [-0.2, -0.15) is 0 Å². The van der Waals surface area contributed by atoms with E-state index in [1.165, 1.54) is 16.8 Å². The van der Waals surface area contributed by atoms with Crippen molar-refractivity contribution in [2.24, 2.45) is 5.92 Å². The van der Waals surface area contributed by atoms with Gasteiger partial charge in [-0.3, -0.25) is 9.59 Å². The van der Waals surface area contributed by atoms with Gasteiger partial charge in [0, 0.05) is 0 Å². The Morgan fingerprint density at radius 1 is 1.35 bits per heavy atom. The highest BCUT2D eigenvalue weighted by Gasteiger charge is 2.40. The quantitative estimate of drug-likeness (QED) is 0.871. The monoisotopic (exact) mass is 289 g/mol. The Balaban J connectivity index is 1.80. The summed E-state index contributed by atoms with van der Waals surface area (Å²) >= 11 is 1.23. The predicted octanol–water partition coefficient (Wildman–Crippen LogP) is 1.78. The van der Waals surface area contributed by atoms with Crippen molar-refractivity contribution in [2.45, 2.75) is 12.5 Å². The number of nitrogens with zero attached hydrogens (tertiary/aromatic N) is 2. The van der Waals surface area contributed by atoms with Gasteiger partial charge >= 0.3 is 5.97 Å².